The van der Waals surface area contributed by atoms with E-state index in [1.54, 1.807) is 0 Å². The summed E-state index contributed by atoms with van der Waals surface area (Å²) in [6, 6.07) is 0. The van der Waals surface area contributed by atoms with Crippen molar-refractivity contribution in [3.8, 4) is 0 Å². The predicted molar refractivity (Wildman–Crippen MR) is 261 cm³/mol. The molecule has 0 spiro atoms. The van der Waals surface area contributed by atoms with Crippen LogP contribution in [0.2, 0.25) is 0 Å². The molecule has 11 atom stereocenters. The normalized spacial score (nSPS) is 26.5. The maximum absolute atomic E-state index is 13.0. The Morgan fingerprint density at radius 3 is 1.50 bits per heavy atom. The van der Waals surface area contributed by atoms with Crippen molar-refractivity contribution >= 4 is 11.9 Å². The molecule has 0 aliphatic carbocycles. The zero-order chi connectivity index (χ0) is 49.6. The fourth-order valence-corrected chi connectivity index (χ4v) is 7.22. The molecule has 15 nitrogen and oxygen atoms in total. The second-order valence-corrected chi connectivity index (χ2v) is 17.3. The van der Waals surface area contributed by atoms with Crippen molar-refractivity contribution < 1.29 is 73.8 Å². The highest BCUT2D eigenvalue weighted by Crippen LogP contribution is 2.26. The van der Waals surface area contributed by atoms with Crippen LogP contribution in [0, 0.1) is 0 Å². The number of hydrogen-bond acceptors (Lipinski definition) is 15. The molecule has 0 amide bonds. The first-order valence-corrected chi connectivity index (χ1v) is 25.2. The van der Waals surface area contributed by atoms with Crippen LogP contribution in [0.25, 0.3) is 0 Å². The highest BCUT2D eigenvalue weighted by atomic mass is 16.7. The summed E-state index contributed by atoms with van der Waals surface area (Å²) in [5, 5.41) is 72.0. The van der Waals surface area contributed by atoms with Crippen LogP contribution in [-0.2, 0) is 38.0 Å². The molecule has 0 aromatic rings. The minimum absolute atomic E-state index is 0.131. The van der Waals surface area contributed by atoms with Crippen LogP contribution in [-0.4, -0.2) is 142 Å². The molecule has 0 radical (unpaired) electrons. The molecular weight excluding hydrogens is 877 g/mol. The van der Waals surface area contributed by atoms with Gasteiger partial charge in [-0.1, -0.05) is 131 Å². The van der Waals surface area contributed by atoms with E-state index in [1.807, 2.05) is 12.2 Å². The van der Waals surface area contributed by atoms with Gasteiger partial charge in [-0.25, -0.2) is 0 Å². The van der Waals surface area contributed by atoms with Crippen molar-refractivity contribution in [1.29, 1.82) is 0 Å². The number of aliphatic hydroxyl groups is 7. The van der Waals surface area contributed by atoms with Crippen molar-refractivity contribution in [2.45, 2.75) is 210 Å². The summed E-state index contributed by atoms with van der Waals surface area (Å²) in [6.45, 7) is 2.35. The Kier molecular flexibility index (Phi) is 35.2. The number of unbranched alkanes of at least 4 members (excludes halogenated alkanes) is 9. The van der Waals surface area contributed by atoms with Crippen LogP contribution in [0.3, 0.4) is 0 Å². The lowest BCUT2D eigenvalue weighted by Gasteiger charge is -2.42. The Morgan fingerprint density at radius 1 is 0.485 bits per heavy atom. The summed E-state index contributed by atoms with van der Waals surface area (Å²) in [5.74, 6) is -1.02. The van der Waals surface area contributed by atoms with Crippen LogP contribution in [0.4, 0.5) is 0 Å². The largest absolute Gasteiger partial charge is 0.462 e. The van der Waals surface area contributed by atoms with E-state index in [1.165, 1.54) is 19.3 Å². The highest BCUT2D eigenvalue weighted by Gasteiger charge is 2.47. The topological polar surface area (TPSA) is 231 Å². The van der Waals surface area contributed by atoms with Crippen LogP contribution in [0.1, 0.15) is 142 Å². The average Bonchev–Trinajstić information content (AvgIpc) is 3.33. The molecule has 4 unspecified atom stereocenters. The van der Waals surface area contributed by atoms with Crippen molar-refractivity contribution in [1.82, 2.24) is 0 Å². The van der Waals surface area contributed by atoms with Gasteiger partial charge in [-0.3, -0.25) is 9.59 Å². The Morgan fingerprint density at radius 2 is 0.941 bits per heavy atom. The summed E-state index contributed by atoms with van der Waals surface area (Å²) in [7, 11) is 0. The van der Waals surface area contributed by atoms with Gasteiger partial charge in [-0.2, -0.15) is 0 Å². The molecule has 15 heteroatoms. The predicted octanol–water partition coefficient (Wildman–Crippen LogP) is 6.82. The third-order valence-corrected chi connectivity index (χ3v) is 11.4. The number of ether oxygens (including phenoxy) is 6. The molecule has 0 aromatic heterocycles. The third-order valence-electron chi connectivity index (χ3n) is 11.4. The zero-order valence-corrected chi connectivity index (χ0v) is 40.8. The quantitative estimate of drug-likeness (QED) is 0.0193. The van der Waals surface area contributed by atoms with Gasteiger partial charge in [-0.05, 0) is 83.5 Å². The molecule has 7 N–H and O–H groups in total. The fraction of sp³-hybridized carbons (Fsp3) is 0.698. The second kappa shape index (κ2) is 39.4. The van der Waals surface area contributed by atoms with Crippen LogP contribution < -0.4 is 0 Å². The maximum atomic E-state index is 13.0. The van der Waals surface area contributed by atoms with Crippen LogP contribution in [0.15, 0.2) is 85.1 Å². The SMILES string of the molecule is CC/C=C/C/C=C/C/C=C/C/C=C/C/C=C/CCCC(=O)OC[C@@H](CO[C@@H]1O[C@H](CO[C@@H]2O[C@H](CO)[C@H](O)C(O)C2O)[C@H](O)C(O)C1O)OC(=O)CCCCCCC/C=C/C/C=C/CCCCC. The van der Waals surface area contributed by atoms with Crippen molar-refractivity contribution in [2.24, 2.45) is 0 Å². The fourth-order valence-electron chi connectivity index (χ4n) is 7.22. The first kappa shape index (κ1) is 60.8. The minimum Gasteiger partial charge on any atom is -0.462 e. The molecule has 68 heavy (non-hydrogen) atoms. The van der Waals surface area contributed by atoms with E-state index in [0.717, 1.165) is 77.0 Å². The number of carbonyl (C=O) groups is 2. The molecule has 2 aliphatic heterocycles. The van der Waals surface area contributed by atoms with Crippen molar-refractivity contribution in [2.75, 3.05) is 26.4 Å². The Bertz CT molecular complexity index is 1510. The van der Waals surface area contributed by atoms with E-state index >= 15 is 0 Å². The van der Waals surface area contributed by atoms with E-state index in [0.29, 0.717) is 19.3 Å². The van der Waals surface area contributed by atoms with Gasteiger partial charge in [0.1, 0.15) is 55.4 Å². The van der Waals surface area contributed by atoms with E-state index < -0.39 is 99.3 Å². The highest BCUT2D eigenvalue weighted by molar-refractivity contribution is 5.70. The number of esters is 2. The van der Waals surface area contributed by atoms with E-state index in [-0.39, 0.29) is 19.4 Å². The Hall–Kier alpha value is -3.32. The molecule has 0 bridgehead atoms. The van der Waals surface area contributed by atoms with Gasteiger partial charge >= 0.3 is 11.9 Å². The molecule has 2 aliphatic rings. The van der Waals surface area contributed by atoms with Crippen LogP contribution in [0.5, 0.6) is 0 Å². The van der Waals surface area contributed by atoms with Gasteiger partial charge in [0.15, 0.2) is 18.7 Å². The third kappa shape index (κ3) is 27.2. The summed E-state index contributed by atoms with van der Waals surface area (Å²) in [5.41, 5.74) is 0. The van der Waals surface area contributed by atoms with Gasteiger partial charge in [0.25, 0.3) is 0 Å². The van der Waals surface area contributed by atoms with Gasteiger partial charge in [0.05, 0.1) is 19.8 Å². The molecular formula is C53H86O15. The number of carbonyl (C=O) groups excluding carboxylic acids is 2. The molecule has 0 aromatic carbocycles. The maximum Gasteiger partial charge on any atom is 0.306 e. The Balaban J connectivity index is 1.86. The lowest BCUT2D eigenvalue weighted by Crippen LogP contribution is -2.61. The standard InChI is InChI=1S/C53H86O15/c1-3-5-7-9-11-13-15-17-19-20-22-23-25-27-29-31-33-35-44(55)63-38-41(66-45(56)36-34-32-30-28-26-24-21-18-16-14-12-10-8-6-4-2)39-64-52-51(62)49(60)47(58)43(68-52)40-65-53-50(61)48(59)46(57)42(37-54)67-53/h5,7,11-14,17-19,21-23,27,29,41-43,46-54,57-62H,3-4,6,8-10,15-16,20,24-26,28,30-40H2,1-2H3/b7-5+,13-11+,14-12+,19-17+,21-18+,23-22+,29-27+/t41-,42+,43+,46-,47-,48?,49?,50?,51?,52+,53+/m0/s1. The van der Waals surface area contributed by atoms with Gasteiger partial charge in [-0.15, -0.1) is 0 Å². The molecule has 2 fully saturated rings. The number of allylic oxidation sites excluding steroid dienone is 14. The van der Waals surface area contributed by atoms with Crippen molar-refractivity contribution in [3.63, 3.8) is 0 Å². The van der Waals surface area contributed by atoms with Gasteiger partial charge in [0, 0.05) is 12.8 Å². The molecule has 2 heterocycles. The second-order valence-electron chi connectivity index (χ2n) is 17.3. The zero-order valence-electron chi connectivity index (χ0n) is 40.8. The molecule has 2 saturated heterocycles. The summed E-state index contributed by atoms with van der Waals surface area (Å²) in [4.78, 5) is 25.7. The average molecular weight is 963 g/mol. The van der Waals surface area contributed by atoms with Gasteiger partial charge < -0.3 is 64.2 Å². The number of hydrogen-bond donors (Lipinski definition) is 7. The van der Waals surface area contributed by atoms with Crippen LogP contribution >= 0.6 is 0 Å². The molecule has 0 saturated carbocycles. The molecule has 388 valence electrons. The van der Waals surface area contributed by atoms with Gasteiger partial charge in [0.2, 0.25) is 0 Å². The first-order chi connectivity index (χ1) is 33.0. The van der Waals surface area contributed by atoms with Crippen molar-refractivity contribution in [3.05, 3.63) is 85.1 Å². The number of rotatable bonds is 37. The summed E-state index contributed by atoms with van der Waals surface area (Å²) < 4.78 is 33.5. The summed E-state index contributed by atoms with van der Waals surface area (Å²) in [6.07, 6.45) is 30.4. The smallest absolute Gasteiger partial charge is 0.306 e. The lowest BCUT2D eigenvalue weighted by atomic mass is 9.98. The molecule has 2 rings (SSSR count). The first-order valence-electron chi connectivity index (χ1n) is 25.2. The Labute approximate surface area is 405 Å². The minimum atomic E-state index is -1.78. The van der Waals surface area contributed by atoms with E-state index in [9.17, 15) is 45.3 Å². The lowest BCUT2D eigenvalue weighted by molar-refractivity contribution is -0.332. The number of aliphatic hydroxyl groups excluding tert-OH is 7. The van der Waals surface area contributed by atoms with E-state index in [2.05, 4.69) is 86.8 Å². The monoisotopic (exact) mass is 963 g/mol. The van der Waals surface area contributed by atoms with E-state index in [4.69, 9.17) is 28.4 Å². The summed E-state index contributed by atoms with van der Waals surface area (Å²) >= 11 is 0.